The van der Waals surface area contributed by atoms with Crippen LogP contribution in [0, 0.1) is 0 Å². The van der Waals surface area contributed by atoms with E-state index in [0.717, 1.165) is 16.5 Å². The largest absolute Gasteiger partial charge is 0.497 e. The lowest BCUT2D eigenvalue weighted by atomic mass is 9.97. The number of hydrogen-bond donors (Lipinski definition) is 2. The molecule has 2 aromatic carbocycles. The molecule has 30 heavy (non-hydrogen) atoms. The summed E-state index contributed by atoms with van der Waals surface area (Å²) < 4.78 is 21.5. The molecule has 0 unspecified atom stereocenters. The van der Waals surface area contributed by atoms with Gasteiger partial charge in [-0.1, -0.05) is 0 Å². The van der Waals surface area contributed by atoms with E-state index in [0.29, 0.717) is 39.8 Å². The van der Waals surface area contributed by atoms with Gasteiger partial charge >= 0.3 is 0 Å². The molecular weight excluding hydrogens is 386 g/mol. The van der Waals surface area contributed by atoms with E-state index in [1.165, 1.54) is 21.3 Å². The lowest BCUT2D eigenvalue weighted by molar-refractivity contribution is 0.104. The molecule has 154 valence electrons. The number of H-pyrrole nitrogens is 2. The number of benzene rings is 2. The van der Waals surface area contributed by atoms with Gasteiger partial charge in [-0.05, 0) is 24.3 Å². The molecule has 0 amide bonds. The van der Waals surface area contributed by atoms with Crippen LogP contribution in [-0.4, -0.2) is 49.4 Å². The van der Waals surface area contributed by atoms with Crippen LogP contribution in [0.5, 0.6) is 23.0 Å². The zero-order valence-corrected chi connectivity index (χ0v) is 17.0. The van der Waals surface area contributed by atoms with Crippen molar-refractivity contribution < 1.29 is 23.7 Å². The Hall–Kier alpha value is -3.94. The Morgan fingerprint density at radius 1 is 0.933 bits per heavy atom. The number of hydrogen-bond acceptors (Lipinski definition) is 6. The van der Waals surface area contributed by atoms with E-state index in [2.05, 4.69) is 15.2 Å². The molecular formula is C22H21N3O5. The van der Waals surface area contributed by atoms with Gasteiger partial charge in [0.15, 0.2) is 17.3 Å². The molecule has 0 aliphatic heterocycles. The molecule has 4 aromatic rings. The van der Waals surface area contributed by atoms with Gasteiger partial charge in [-0.25, -0.2) is 0 Å². The summed E-state index contributed by atoms with van der Waals surface area (Å²) in [5.41, 5.74) is 3.13. The average Bonchev–Trinajstić information content (AvgIpc) is 3.44. The fourth-order valence-corrected chi connectivity index (χ4v) is 3.50. The lowest BCUT2D eigenvalue weighted by Crippen LogP contribution is -2.05. The quantitative estimate of drug-likeness (QED) is 0.452. The van der Waals surface area contributed by atoms with E-state index in [1.807, 2.05) is 18.2 Å². The second-order valence-corrected chi connectivity index (χ2v) is 6.52. The van der Waals surface area contributed by atoms with E-state index in [1.54, 1.807) is 31.6 Å². The van der Waals surface area contributed by atoms with Gasteiger partial charge < -0.3 is 23.9 Å². The maximum atomic E-state index is 13.7. The fraction of sp³-hybridized carbons (Fsp3) is 0.182. The number of aromatic amines is 2. The van der Waals surface area contributed by atoms with Crippen LogP contribution < -0.4 is 18.9 Å². The van der Waals surface area contributed by atoms with Crippen molar-refractivity contribution in [3.05, 3.63) is 53.9 Å². The molecule has 8 heteroatoms. The zero-order chi connectivity index (χ0) is 21.3. The first-order chi connectivity index (χ1) is 14.6. The number of aromatic nitrogens is 3. The smallest absolute Gasteiger partial charge is 0.203 e. The summed E-state index contributed by atoms with van der Waals surface area (Å²) in [5, 5.41) is 7.57. The molecule has 0 aliphatic rings. The number of carbonyl (C=O) groups excluding carboxylic acids is 1. The predicted molar refractivity (Wildman–Crippen MR) is 112 cm³/mol. The highest BCUT2D eigenvalue weighted by atomic mass is 16.5. The molecule has 0 saturated carbocycles. The SMILES string of the molecule is COc1ccc2c(C(=O)c3cc(OC)c(OC)c(OC)c3)c(-c3cn[nH]c3)[nH]c2c1. The summed E-state index contributed by atoms with van der Waals surface area (Å²) in [5.74, 6) is 1.74. The van der Waals surface area contributed by atoms with Gasteiger partial charge in [-0.2, -0.15) is 5.10 Å². The first kappa shape index (κ1) is 19.4. The molecule has 2 N–H and O–H groups in total. The highest BCUT2D eigenvalue weighted by Crippen LogP contribution is 2.40. The van der Waals surface area contributed by atoms with Gasteiger partial charge in [0.05, 0.1) is 51.4 Å². The van der Waals surface area contributed by atoms with E-state index in [4.69, 9.17) is 18.9 Å². The standard InChI is InChI=1S/C22H21N3O5/c1-27-14-5-6-15-16(9-14)25-20(13-10-23-24-11-13)19(15)21(26)12-7-17(28-2)22(30-4)18(8-12)29-3/h5-11,25H,1-4H3,(H,23,24). The monoisotopic (exact) mass is 407 g/mol. The van der Waals surface area contributed by atoms with Crippen molar-refractivity contribution in [3.8, 4) is 34.3 Å². The molecule has 0 radical (unpaired) electrons. The molecule has 0 fully saturated rings. The normalized spacial score (nSPS) is 10.8. The van der Waals surface area contributed by atoms with E-state index >= 15 is 0 Å². The fourth-order valence-electron chi connectivity index (χ4n) is 3.50. The van der Waals surface area contributed by atoms with Crippen LogP contribution in [-0.2, 0) is 0 Å². The van der Waals surface area contributed by atoms with Gasteiger partial charge in [-0.15, -0.1) is 0 Å². The number of methoxy groups -OCH3 is 4. The first-order valence-electron chi connectivity index (χ1n) is 9.14. The first-order valence-corrected chi connectivity index (χ1v) is 9.14. The topological polar surface area (TPSA) is 98.5 Å². The highest BCUT2D eigenvalue weighted by molar-refractivity contribution is 6.20. The minimum Gasteiger partial charge on any atom is -0.497 e. The maximum Gasteiger partial charge on any atom is 0.203 e. The Morgan fingerprint density at radius 3 is 2.23 bits per heavy atom. The van der Waals surface area contributed by atoms with Crippen LogP contribution in [0.15, 0.2) is 42.7 Å². The molecule has 8 nitrogen and oxygen atoms in total. The molecule has 4 rings (SSSR count). The molecule has 0 atom stereocenters. The lowest BCUT2D eigenvalue weighted by Gasteiger charge is -2.14. The second kappa shape index (κ2) is 7.82. The Labute approximate surface area is 172 Å². The molecule has 2 aromatic heterocycles. The van der Waals surface area contributed by atoms with Crippen LogP contribution >= 0.6 is 0 Å². The van der Waals surface area contributed by atoms with Crippen molar-refractivity contribution in [2.24, 2.45) is 0 Å². The van der Waals surface area contributed by atoms with Crippen LogP contribution in [0.3, 0.4) is 0 Å². The molecule has 2 heterocycles. The van der Waals surface area contributed by atoms with Crippen molar-refractivity contribution in [2.75, 3.05) is 28.4 Å². The number of ether oxygens (including phenoxy) is 4. The maximum absolute atomic E-state index is 13.7. The summed E-state index contributed by atoms with van der Waals surface area (Å²) >= 11 is 0. The summed E-state index contributed by atoms with van der Waals surface area (Å²) in [6, 6.07) is 8.82. The number of ketones is 1. The number of carbonyl (C=O) groups is 1. The van der Waals surface area contributed by atoms with Gasteiger partial charge in [0.2, 0.25) is 5.75 Å². The van der Waals surface area contributed by atoms with Gasteiger partial charge in [0.1, 0.15) is 5.75 Å². The van der Waals surface area contributed by atoms with Crippen LogP contribution in [0.4, 0.5) is 0 Å². The average molecular weight is 407 g/mol. The molecule has 0 bridgehead atoms. The van der Waals surface area contributed by atoms with Crippen molar-refractivity contribution in [1.82, 2.24) is 15.2 Å². The number of nitrogens with zero attached hydrogens (tertiary/aromatic N) is 1. The van der Waals surface area contributed by atoms with Crippen LogP contribution in [0.25, 0.3) is 22.2 Å². The van der Waals surface area contributed by atoms with Gasteiger partial charge in [0.25, 0.3) is 0 Å². The summed E-state index contributed by atoms with van der Waals surface area (Å²) in [6.07, 6.45) is 3.39. The Morgan fingerprint density at radius 2 is 1.67 bits per heavy atom. The van der Waals surface area contributed by atoms with Crippen molar-refractivity contribution in [1.29, 1.82) is 0 Å². The number of rotatable bonds is 7. The molecule has 0 spiro atoms. The summed E-state index contributed by atoms with van der Waals surface area (Å²) in [4.78, 5) is 17.0. The third-order valence-electron chi connectivity index (χ3n) is 4.95. The number of fused-ring (bicyclic) bond motifs is 1. The second-order valence-electron chi connectivity index (χ2n) is 6.52. The van der Waals surface area contributed by atoms with Gasteiger partial charge in [-0.3, -0.25) is 9.89 Å². The molecule has 0 aliphatic carbocycles. The number of nitrogens with one attached hydrogen (secondary N) is 2. The summed E-state index contributed by atoms with van der Waals surface area (Å²) in [7, 11) is 6.15. The molecule has 0 saturated heterocycles. The zero-order valence-electron chi connectivity index (χ0n) is 17.0. The van der Waals surface area contributed by atoms with E-state index < -0.39 is 0 Å². The minimum absolute atomic E-state index is 0.193. The minimum atomic E-state index is -0.193. The Kier molecular flexibility index (Phi) is 5.05. The predicted octanol–water partition coefficient (Wildman–Crippen LogP) is 3.82. The van der Waals surface area contributed by atoms with Crippen LogP contribution in [0.1, 0.15) is 15.9 Å². The van der Waals surface area contributed by atoms with Crippen molar-refractivity contribution in [3.63, 3.8) is 0 Å². The van der Waals surface area contributed by atoms with E-state index in [9.17, 15) is 4.79 Å². The third-order valence-corrected chi connectivity index (χ3v) is 4.95. The Balaban J connectivity index is 1.94. The highest BCUT2D eigenvalue weighted by Gasteiger charge is 2.24. The van der Waals surface area contributed by atoms with Crippen molar-refractivity contribution >= 4 is 16.7 Å². The van der Waals surface area contributed by atoms with Crippen LogP contribution in [0.2, 0.25) is 0 Å². The Bertz CT molecular complexity index is 1190. The summed E-state index contributed by atoms with van der Waals surface area (Å²) in [6.45, 7) is 0. The van der Waals surface area contributed by atoms with Crippen molar-refractivity contribution in [2.45, 2.75) is 0 Å². The van der Waals surface area contributed by atoms with E-state index in [-0.39, 0.29) is 5.78 Å². The third kappa shape index (κ3) is 3.12. The van der Waals surface area contributed by atoms with Gasteiger partial charge in [0, 0.05) is 28.8 Å².